The van der Waals surface area contributed by atoms with Gasteiger partial charge in [-0.25, -0.2) is 14.8 Å². The van der Waals surface area contributed by atoms with Crippen LogP contribution < -0.4 is 10.6 Å². The topological polar surface area (TPSA) is 104 Å². The molecule has 3 N–H and O–H groups in total. The van der Waals surface area contributed by atoms with E-state index in [1.165, 1.54) is 24.7 Å². The number of phenolic OH excluding ortho intramolecular Hbond substituents is 1. The van der Waals surface area contributed by atoms with Gasteiger partial charge >= 0.3 is 0 Å². The molecule has 0 saturated carbocycles. The molecule has 126 valence electrons. The lowest BCUT2D eigenvalue weighted by Gasteiger charge is -2.18. The number of hydrogen-bond donors (Lipinski definition) is 3. The highest BCUT2D eigenvalue weighted by Crippen LogP contribution is 2.39. The zero-order valence-electron chi connectivity index (χ0n) is 13.6. The third-order valence-corrected chi connectivity index (χ3v) is 3.82. The van der Waals surface area contributed by atoms with Crippen molar-refractivity contribution in [2.24, 2.45) is 4.99 Å². The zero-order chi connectivity index (χ0) is 17.8. The molecule has 3 rings (SSSR count). The Hall–Kier alpha value is -3.47. The van der Waals surface area contributed by atoms with E-state index < -0.39 is 5.91 Å². The van der Waals surface area contributed by atoms with Gasteiger partial charge in [0.1, 0.15) is 12.1 Å². The van der Waals surface area contributed by atoms with Crippen molar-refractivity contribution in [1.29, 1.82) is 0 Å². The highest BCUT2D eigenvalue weighted by Gasteiger charge is 2.23. The van der Waals surface area contributed by atoms with Gasteiger partial charge in [-0.05, 0) is 19.4 Å². The van der Waals surface area contributed by atoms with Crippen molar-refractivity contribution in [3.8, 4) is 16.9 Å². The summed E-state index contributed by atoms with van der Waals surface area (Å²) >= 11 is 0. The van der Waals surface area contributed by atoms with Crippen LogP contribution in [0.2, 0.25) is 0 Å². The molecule has 1 aromatic carbocycles. The lowest BCUT2D eigenvalue weighted by molar-refractivity contribution is 0.0973. The summed E-state index contributed by atoms with van der Waals surface area (Å²) in [5.41, 5.74) is 1.67. The van der Waals surface area contributed by atoms with Gasteiger partial charge < -0.3 is 10.4 Å². The van der Waals surface area contributed by atoms with Gasteiger partial charge in [-0.15, -0.1) is 0 Å². The van der Waals surface area contributed by atoms with Crippen molar-refractivity contribution >= 4 is 17.6 Å². The van der Waals surface area contributed by atoms with Crippen LogP contribution in [-0.4, -0.2) is 40.0 Å². The van der Waals surface area contributed by atoms with E-state index in [9.17, 15) is 9.90 Å². The summed E-state index contributed by atoms with van der Waals surface area (Å²) in [5.74, 6) is -0.412. The molecule has 2 aromatic rings. The van der Waals surface area contributed by atoms with Crippen molar-refractivity contribution in [2.75, 3.05) is 13.1 Å². The molecule has 1 amide bonds. The fourth-order valence-corrected chi connectivity index (χ4v) is 2.60. The van der Waals surface area contributed by atoms with Crippen LogP contribution in [0.1, 0.15) is 22.5 Å². The minimum atomic E-state index is -0.547. The molecule has 0 bridgehead atoms. The molecule has 1 aliphatic rings. The van der Waals surface area contributed by atoms with Crippen molar-refractivity contribution in [3.05, 3.63) is 47.3 Å². The molecule has 1 aliphatic heterocycles. The predicted octanol–water partition coefficient (Wildman–Crippen LogP) is 1.79. The predicted molar refractivity (Wildman–Crippen MR) is 92.5 cm³/mol. The van der Waals surface area contributed by atoms with Crippen molar-refractivity contribution in [1.82, 2.24) is 20.6 Å². The highest BCUT2D eigenvalue weighted by atomic mass is 16.3. The Morgan fingerprint density at radius 2 is 2.28 bits per heavy atom. The summed E-state index contributed by atoms with van der Waals surface area (Å²) in [6.45, 7) is 10.5. The Bertz CT molecular complexity index is 900. The molecule has 0 saturated heterocycles. The van der Waals surface area contributed by atoms with Gasteiger partial charge in [0, 0.05) is 36.1 Å². The first-order valence-corrected chi connectivity index (χ1v) is 7.72. The number of aromatic nitrogens is 2. The number of nitrogens with one attached hydrogen (secondary N) is 2. The number of rotatable bonds is 2. The van der Waals surface area contributed by atoms with E-state index in [1.54, 1.807) is 6.92 Å². The Morgan fingerprint density at radius 1 is 1.44 bits per heavy atom. The van der Waals surface area contributed by atoms with Crippen molar-refractivity contribution in [3.63, 3.8) is 0 Å². The summed E-state index contributed by atoms with van der Waals surface area (Å²) in [7, 11) is 0. The standard InChI is InChI=1S/C17H16N6O2/c1-10-11(8-19-9-22-10)14-12(18-2)4-5-13(24)15(14)16(25)23-17-20-6-3-7-21-17/h4-5,8-9,24H,3,6-7H2,1H3,(H2,20,21,23,25). The molecule has 25 heavy (non-hydrogen) atoms. The Labute approximate surface area is 144 Å². The lowest BCUT2D eigenvalue weighted by atomic mass is 9.96. The number of amides is 1. The fraction of sp³-hybridized carbons (Fsp3) is 0.235. The van der Waals surface area contributed by atoms with E-state index in [-0.39, 0.29) is 17.0 Å². The monoisotopic (exact) mass is 336 g/mol. The Morgan fingerprint density at radius 3 is 2.96 bits per heavy atom. The van der Waals surface area contributed by atoms with E-state index in [1.807, 2.05) is 0 Å². The van der Waals surface area contributed by atoms with E-state index in [0.717, 1.165) is 6.42 Å². The molecule has 8 nitrogen and oxygen atoms in total. The smallest absolute Gasteiger partial charge is 0.261 e. The van der Waals surface area contributed by atoms with Gasteiger partial charge in [-0.3, -0.25) is 15.1 Å². The van der Waals surface area contributed by atoms with Gasteiger partial charge in [0.15, 0.2) is 11.6 Å². The van der Waals surface area contributed by atoms with Crippen LogP contribution in [-0.2, 0) is 0 Å². The van der Waals surface area contributed by atoms with Crippen LogP contribution in [0, 0.1) is 13.5 Å². The maximum Gasteiger partial charge on any atom is 0.261 e. The van der Waals surface area contributed by atoms with Crippen molar-refractivity contribution in [2.45, 2.75) is 13.3 Å². The largest absolute Gasteiger partial charge is 0.507 e. The number of hydrogen-bond acceptors (Lipinski definition) is 6. The average molecular weight is 336 g/mol. The lowest BCUT2D eigenvalue weighted by Crippen LogP contribution is -2.43. The number of nitrogens with zero attached hydrogens (tertiary/aromatic N) is 4. The number of phenols is 1. The number of aromatic hydroxyl groups is 1. The van der Waals surface area contributed by atoms with Crippen LogP contribution in [0.4, 0.5) is 5.69 Å². The fourth-order valence-electron chi connectivity index (χ4n) is 2.60. The third-order valence-electron chi connectivity index (χ3n) is 3.82. The number of carbonyl (C=O) groups excluding carboxylic acids is 1. The first kappa shape index (κ1) is 16.4. The molecule has 0 radical (unpaired) electrons. The maximum absolute atomic E-state index is 12.8. The Balaban J connectivity index is 2.12. The van der Waals surface area contributed by atoms with E-state index in [2.05, 4.69) is 30.4 Å². The minimum Gasteiger partial charge on any atom is -0.507 e. The van der Waals surface area contributed by atoms with Gasteiger partial charge in [-0.1, -0.05) is 6.07 Å². The molecule has 8 heteroatoms. The first-order chi connectivity index (χ1) is 12.1. The number of guanidine groups is 1. The molecule has 0 atom stereocenters. The number of aliphatic imine (C=N–C) groups is 1. The molecule has 0 unspecified atom stereocenters. The minimum absolute atomic E-state index is 0.00136. The molecular weight excluding hydrogens is 320 g/mol. The van der Waals surface area contributed by atoms with Crippen LogP contribution in [0.15, 0.2) is 29.6 Å². The van der Waals surface area contributed by atoms with Crippen molar-refractivity contribution < 1.29 is 9.90 Å². The van der Waals surface area contributed by atoms with Crippen LogP contribution >= 0.6 is 0 Å². The Kier molecular flexibility index (Phi) is 4.57. The van der Waals surface area contributed by atoms with E-state index in [0.29, 0.717) is 35.9 Å². The quantitative estimate of drug-likeness (QED) is 0.725. The maximum atomic E-state index is 12.8. The number of carbonyl (C=O) groups is 1. The average Bonchev–Trinajstić information content (AvgIpc) is 2.62. The molecule has 0 aliphatic carbocycles. The highest BCUT2D eigenvalue weighted by molar-refractivity contribution is 6.12. The third kappa shape index (κ3) is 3.26. The first-order valence-electron chi connectivity index (χ1n) is 7.72. The van der Waals surface area contributed by atoms with Crippen LogP contribution in [0.5, 0.6) is 5.75 Å². The zero-order valence-corrected chi connectivity index (χ0v) is 13.6. The molecular formula is C17H16N6O2. The molecule has 1 aromatic heterocycles. The van der Waals surface area contributed by atoms with E-state index in [4.69, 9.17) is 6.57 Å². The summed E-state index contributed by atoms with van der Waals surface area (Å²) < 4.78 is 0. The van der Waals surface area contributed by atoms with Crippen LogP contribution in [0.25, 0.3) is 16.0 Å². The molecule has 0 spiro atoms. The number of benzene rings is 1. The van der Waals surface area contributed by atoms with Gasteiger partial charge in [-0.2, -0.15) is 0 Å². The summed E-state index contributed by atoms with van der Waals surface area (Å²) in [5, 5.41) is 15.9. The second-order valence-electron chi connectivity index (χ2n) is 5.45. The summed E-state index contributed by atoms with van der Waals surface area (Å²) in [6.07, 6.45) is 3.81. The van der Waals surface area contributed by atoms with Crippen LogP contribution in [0.3, 0.4) is 0 Å². The van der Waals surface area contributed by atoms with Gasteiger partial charge in [0.25, 0.3) is 5.91 Å². The SMILES string of the molecule is [C-]#[N+]c1ccc(O)c(C(=O)NC2=NCCCN2)c1-c1cncnc1C. The summed E-state index contributed by atoms with van der Waals surface area (Å²) in [4.78, 5) is 28.5. The summed E-state index contributed by atoms with van der Waals surface area (Å²) in [6, 6.07) is 2.80. The molecule has 0 fully saturated rings. The van der Waals surface area contributed by atoms with E-state index >= 15 is 0 Å². The normalized spacial score (nSPS) is 13.4. The number of aryl methyl sites for hydroxylation is 1. The molecule has 2 heterocycles. The van der Waals surface area contributed by atoms with Gasteiger partial charge in [0.2, 0.25) is 0 Å². The second kappa shape index (κ2) is 6.97. The second-order valence-corrected chi connectivity index (χ2v) is 5.45. The van der Waals surface area contributed by atoms with Gasteiger partial charge in [0.05, 0.1) is 12.1 Å².